The first-order chi connectivity index (χ1) is 12.1. The highest BCUT2D eigenvalue weighted by molar-refractivity contribution is 7.13. The number of amides is 1. The normalized spacial score (nSPS) is 10.4. The van der Waals surface area contributed by atoms with Crippen molar-refractivity contribution in [3.05, 3.63) is 53.6 Å². The van der Waals surface area contributed by atoms with Crippen molar-refractivity contribution in [2.24, 2.45) is 0 Å². The fourth-order valence-electron chi connectivity index (χ4n) is 2.14. The van der Waals surface area contributed by atoms with Gasteiger partial charge in [-0.2, -0.15) is 0 Å². The molecule has 2 aromatic heterocycles. The second-order valence-electron chi connectivity index (χ2n) is 4.92. The Morgan fingerprint density at radius 2 is 2.00 bits per heavy atom. The van der Waals surface area contributed by atoms with Gasteiger partial charge in [-0.1, -0.05) is 0 Å². The molecule has 8 heteroatoms. The summed E-state index contributed by atoms with van der Waals surface area (Å²) in [6.07, 6.45) is 2.43. The van der Waals surface area contributed by atoms with Gasteiger partial charge < -0.3 is 14.8 Å². The summed E-state index contributed by atoms with van der Waals surface area (Å²) in [5, 5.41) is 4.73. The first-order valence-electron chi connectivity index (χ1n) is 7.21. The number of rotatable bonds is 5. The Morgan fingerprint density at radius 3 is 2.72 bits per heavy atom. The van der Waals surface area contributed by atoms with Crippen molar-refractivity contribution in [1.82, 2.24) is 9.97 Å². The number of nitrogens with one attached hydrogen (secondary N) is 1. The maximum atomic E-state index is 13.6. The Morgan fingerprint density at radius 1 is 1.20 bits per heavy atom. The maximum Gasteiger partial charge on any atom is 0.275 e. The van der Waals surface area contributed by atoms with Crippen LogP contribution in [-0.4, -0.2) is 30.1 Å². The molecule has 3 aromatic rings. The molecule has 0 atom stereocenters. The number of hydrogen-bond donors (Lipinski definition) is 1. The van der Waals surface area contributed by atoms with Crippen LogP contribution in [0, 0.1) is 5.82 Å². The number of methoxy groups -OCH3 is 2. The topological polar surface area (TPSA) is 73.3 Å². The zero-order valence-corrected chi connectivity index (χ0v) is 14.3. The van der Waals surface area contributed by atoms with Crippen LogP contribution in [0.3, 0.4) is 0 Å². The second kappa shape index (κ2) is 7.27. The minimum Gasteiger partial charge on any atom is -0.493 e. The molecule has 1 N–H and O–H groups in total. The SMILES string of the molecule is COc1ccc(-c2nc(C(=O)Nc3ccncc3F)cs2)cc1OC. The second-order valence-corrected chi connectivity index (χ2v) is 5.78. The highest BCUT2D eigenvalue weighted by Crippen LogP contribution is 2.33. The van der Waals surface area contributed by atoms with Crippen LogP contribution in [0.5, 0.6) is 11.5 Å². The number of halogens is 1. The average molecular weight is 359 g/mol. The molecule has 3 rings (SSSR count). The molecule has 0 unspecified atom stereocenters. The summed E-state index contributed by atoms with van der Waals surface area (Å²) >= 11 is 1.30. The highest BCUT2D eigenvalue weighted by Gasteiger charge is 2.15. The van der Waals surface area contributed by atoms with E-state index in [1.807, 2.05) is 6.07 Å². The Balaban J connectivity index is 1.83. The first kappa shape index (κ1) is 16.8. The van der Waals surface area contributed by atoms with Crippen LogP contribution in [-0.2, 0) is 0 Å². The zero-order chi connectivity index (χ0) is 17.8. The number of aromatic nitrogens is 2. The number of pyridine rings is 1. The number of nitrogens with zero attached hydrogens (tertiary/aromatic N) is 2. The van der Waals surface area contributed by atoms with Crippen molar-refractivity contribution in [2.45, 2.75) is 0 Å². The van der Waals surface area contributed by atoms with E-state index in [0.717, 1.165) is 11.8 Å². The predicted molar refractivity (Wildman–Crippen MR) is 92.8 cm³/mol. The lowest BCUT2D eigenvalue weighted by atomic mass is 10.2. The van der Waals surface area contributed by atoms with Gasteiger partial charge in [-0.3, -0.25) is 9.78 Å². The van der Waals surface area contributed by atoms with Crippen LogP contribution in [0.15, 0.2) is 42.0 Å². The number of hydrogen-bond acceptors (Lipinski definition) is 6. The lowest BCUT2D eigenvalue weighted by Gasteiger charge is -2.08. The van der Waals surface area contributed by atoms with E-state index in [4.69, 9.17) is 9.47 Å². The fraction of sp³-hybridized carbons (Fsp3) is 0.118. The highest BCUT2D eigenvalue weighted by atomic mass is 32.1. The molecule has 0 saturated carbocycles. The minimum atomic E-state index is -0.605. The van der Waals surface area contributed by atoms with Crippen molar-refractivity contribution in [2.75, 3.05) is 19.5 Å². The average Bonchev–Trinajstić information content (AvgIpc) is 3.13. The molecule has 25 heavy (non-hydrogen) atoms. The van der Waals surface area contributed by atoms with E-state index in [1.54, 1.807) is 31.7 Å². The maximum absolute atomic E-state index is 13.6. The van der Waals surface area contributed by atoms with Gasteiger partial charge in [-0.25, -0.2) is 9.37 Å². The quantitative estimate of drug-likeness (QED) is 0.753. The molecule has 128 valence electrons. The first-order valence-corrected chi connectivity index (χ1v) is 8.09. The molecule has 0 aliphatic rings. The van der Waals surface area contributed by atoms with Gasteiger partial charge in [0.15, 0.2) is 17.3 Å². The van der Waals surface area contributed by atoms with E-state index in [2.05, 4.69) is 15.3 Å². The van der Waals surface area contributed by atoms with Crippen LogP contribution in [0.25, 0.3) is 10.6 Å². The Labute approximate surface area is 147 Å². The zero-order valence-electron chi connectivity index (χ0n) is 13.4. The van der Waals surface area contributed by atoms with Crippen molar-refractivity contribution in [3.8, 4) is 22.1 Å². The Hall–Kier alpha value is -3.00. The van der Waals surface area contributed by atoms with Crippen molar-refractivity contribution in [3.63, 3.8) is 0 Å². The molecule has 0 spiro atoms. The van der Waals surface area contributed by atoms with E-state index >= 15 is 0 Å². The summed E-state index contributed by atoms with van der Waals surface area (Å²) in [5.74, 6) is 0.0771. The van der Waals surface area contributed by atoms with Gasteiger partial charge in [0.25, 0.3) is 5.91 Å². The molecule has 1 aromatic carbocycles. The molecular formula is C17H14FN3O3S. The largest absolute Gasteiger partial charge is 0.493 e. The molecule has 0 saturated heterocycles. The third-order valence-corrected chi connectivity index (χ3v) is 4.28. The fourth-order valence-corrected chi connectivity index (χ4v) is 2.94. The van der Waals surface area contributed by atoms with Gasteiger partial charge in [-0.15, -0.1) is 11.3 Å². The third-order valence-electron chi connectivity index (χ3n) is 3.39. The van der Waals surface area contributed by atoms with E-state index in [0.29, 0.717) is 16.5 Å². The molecule has 0 aliphatic carbocycles. The summed E-state index contributed by atoms with van der Waals surface area (Å²) < 4.78 is 24.0. The third kappa shape index (κ3) is 3.58. The van der Waals surface area contributed by atoms with Gasteiger partial charge in [0.05, 0.1) is 26.1 Å². The van der Waals surface area contributed by atoms with Crippen molar-refractivity contribution in [1.29, 1.82) is 0 Å². The molecule has 0 aliphatic heterocycles. The number of carbonyl (C=O) groups is 1. The number of benzene rings is 1. The Kier molecular flexibility index (Phi) is 4.90. The van der Waals surface area contributed by atoms with Gasteiger partial charge in [0.2, 0.25) is 0 Å². The van der Waals surface area contributed by atoms with E-state index in [-0.39, 0.29) is 11.4 Å². The molecular weight excluding hydrogens is 345 g/mol. The van der Waals surface area contributed by atoms with E-state index < -0.39 is 11.7 Å². The van der Waals surface area contributed by atoms with Crippen molar-refractivity contribution >= 4 is 22.9 Å². The van der Waals surface area contributed by atoms with Gasteiger partial charge >= 0.3 is 0 Å². The van der Waals surface area contributed by atoms with Crippen LogP contribution in [0.4, 0.5) is 10.1 Å². The number of ether oxygens (including phenoxy) is 2. The van der Waals surface area contributed by atoms with Crippen LogP contribution < -0.4 is 14.8 Å². The van der Waals surface area contributed by atoms with Gasteiger partial charge in [0, 0.05) is 17.1 Å². The standard InChI is InChI=1S/C17H14FN3O3S/c1-23-14-4-3-10(7-15(14)24-2)17-21-13(9-25-17)16(22)20-12-5-6-19-8-11(12)18/h3-9H,1-2H3,(H,19,20,22). The monoisotopic (exact) mass is 359 g/mol. The summed E-state index contributed by atoms with van der Waals surface area (Å²) in [5.41, 5.74) is 1.04. The Bertz CT molecular complexity index is 914. The van der Waals surface area contributed by atoms with Crippen LogP contribution >= 0.6 is 11.3 Å². The van der Waals surface area contributed by atoms with Gasteiger partial charge in [0.1, 0.15) is 10.7 Å². The molecule has 6 nitrogen and oxygen atoms in total. The smallest absolute Gasteiger partial charge is 0.275 e. The summed E-state index contributed by atoms with van der Waals surface area (Å²) in [4.78, 5) is 20.2. The summed E-state index contributed by atoms with van der Waals surface area (Å²) in [6, 6.07) is 6.75. The minimum absolute atomic E-state index is 0.0562. The van der Waals surface area contributed by atoms with E-state index in [9.17, 15) is 9.18 Å². The van der Waals surface area contributed by atoms with Crippen molar-refractivity contribution < 1.29 is 18.7 Å². The lowest BCUT2D eigenvalue weighted by molar-refractivity contribution is 0.102. The molecule has 0 fully saturated rings. The van der Waals surface area contributed by atoms with Gasteiger partial charge in [-0.05, 0) is 24.3 Å². The molecule has 0 radical (unpaired) electrons. The molecule has 0 bridgehead atoms. The van der Waals surface area contributed by atoms with E-state index in [1.165, 1.54) is 23.6 Å². The van der Waals surface area contributed by atoms with Crippen LogP contribution in [0.1, 0.15) is 10.5 Å². The summed E-state index contributed by atoms with van der Waals surface area (Å²) in [6.45, 7) is 0. The number of carbonyl (C=O) groups excluding carboxylic acids is 1. The summed E-state index contributed by atoms with van der Waals surface area (Å²) in [7, 11) is 3.10. The molecule has 1 amide bonds. The van der Waals surface area contributed by atoms with Crippen LogP contribution in [0.2, 0.25) is 0 Å². The predicted octanol–water partition coefficient (Wildman–Crippen LogP) is 3.61. The number of anilines is 1. The molecule has 2 heterocycles. The number of thiazole rings is 1. The lowest BCUT2D eigenvalue weighted by Crippen LogP contribution is -2.13.